The lowest BCUT2D eigenvalue weighted by Crippen LogP contribution is -2.44. The smallest absolute Gasteiger partial charge is 0.329 e. The van der Waals surface area contributed by atoms with E-state index in [4.69, 9.17) is 10.5 Å². The van der Waals surface area contributed by atoms with E-state index in [1.165, 1.54) is 4.57 Å². The van der Waals surface area contributed by atoms with Crippen LogP contribution in [0.1, 0.15) is 37.3 Å². The third-order valence-electron chi connectivity index (χ3n) is 4.92. The molecule has 3 rings (SSSR count). The Balaban J connectivity index is 1.78. The van der Waals surface area contributed by atoms with E-state index in [-0.39, 0.29) is 18.0 Å². The van der Waals surface area contributed by atoms with E-state index >= 15 is 0 Å². The molecule has 2 heterocycles. The van der Waals surface area contributed by atoms with Crippen LogP contribution in [0.3, 0.4) is 0 Å². The summed E-state index contributed by atoms with van der Waals surface area (Å²) < 4.78 is 8.57. The molecule has 1 aliphatic heterocycles. The lowest BCUT2D eigenvalue weighted by atomic mass is 10.1. The van der Waals surface area contributed by atoms with Crippen LogP contribution in [0.4, 0.5) is 0 Å². The van der Waals surface area contributed by atoms with Crippen molar-refractivity contribution in [2.45, 2.75) is 38.1 Å². The third kappa shape index (κ3) is 4.12. The zero-order chi connectivity index (χ0) is 19.4. The summed E-state index contributed by atoms with van der Waals surface area (Å²) in [6, 6.07) is 5.19. The van der Waals surface area contributed by atoms with Crippen molar-refractivity contribution >= 4 is 22.8 Å². The molecule has 0 radical (unpaired) electrons. The molecule has 1 aromatic heterocycles. The summed E-state index contributed by atoms with van der Waals surface area (Å²) >= 11 is 0. The van der Waals surface area contributed by atoms with Gasteiger partial charge in [-0.3, -0.25) is 24.0 Å². The average Bonchev–Trinajstić information content (AvgIpc) is 2.89. The molecule has 0 bridgehead atoms. The standard InChI is InChI=1S/C19H26N4O4/c1-22-16-12-13(4-2-10-27-11-3-9-20)5-6-14(16)23(19(22)26)15-7-8-17(24)21-18(15)25/h5-6,12,15H,2-4,7-11,20H2,1H3,(H,21,24,25). The number of ether oxygens (including phenoxy) is 1. The summed E-state index contributed by atoms with van der Waals surface area (Å²) in [5, 5.41) is 2.32. The molecule has 3 N–H and O–H groups in total. The Labute approximate surface area is 157 Å². The molecule has 1 fully saturated rings. The predicted octanol–water partition coefficient (Wildman–Crippen LogP) is 0.616. The minimum absolute atomic E-state index is 0.238. The number of nitrogens with one attached hydrogen (secondary N) is 1. The van der Waals surface area contributed by atoms with Crippen LogP contribution in [0.15, 0.2) is 23.0 Å². The first kappa shape index (κ1) is 19.3. The van der Waals surface area contributed by atoms with Crippen molar-refractivity contribution in [3.05, 3.63) is 34.2 Å². The van der Waals surface area contributed by atoms with Crippen LogP contribution >= 0.6 is 0 Å². The first-order valence-corrected chi connectivity index (χ1v) is 9.34. The number of aromatic nitrogens is 2. The van der Waals surface area contributed by atoms with Gasteiger partial charge in [0.25, 0.3) is 0 Å². The van der Waals surface area contributed by atoms with Gasteiger partial charge >= 0.3 is 5.69 Å². The zero-order valence-corrected chi connectivity index (χ0v) is 15.6. The van der Waals surface area contributed by atoms with Crippen LogP contribution in [0.25, 0.3) is 11.0 Å². The summed E-state index contributed by atoms with van der Waals surface area (Å²) in [6.45, 7) is 1.99. The third-order valence-corrected chi connectivity index (χ3v) is 4.92. The van der Waals surface area contributed by atoms with E-state index in [2.05, 4.69) is 5.32 Å². The van der Waals surface area contributed by atoms with Crippen LogP contribution in [0.5, 0.6) is 0 Å². The van der Waals surface area contributed by atoms with Crippen molar-refractivity contribution in [3.8, 4) is 0 Å². The van der Waals surface area contributed by atoms with Gasteiger partial charge in [0.05, 0.1) is 11.0 Å². The average molecular weight is 374 g/mol. The number of carbonyl (C=O) groups is 2. The minimum atomic E-state index is -0.652. The maximum Gasteiger partial charge on any atom is 0.329 e. The van der Waals surface area contributed by atoms with Crippen molar-refractivity contribution in [1.82, 2.24) is 14.5 Å². The second kappa shape index (κ2) is 8.49. The monoisotopic (exact) mass is 374 g/mol. The molecule has 146 valence electrons. The molecule has 0 saturated carbocycles. The first-order valence-electron chi connectivity index (χ1n) is 9.34. The SMILES string of the molecule is Cn1c(=O)n(C2CCC(=O)NC2=O)c2ccc(CCCOCCCN)cc21. The lowest BCUT2D eigenvalue weighted by molar-refractivity contribution is -0.135. The number of rotatable bonds is 8. The number of amides is 2. The number of hydrogen-bond acceptors (Lipinski definition) is 5. The summed E-state index contributed by atoms with van der Waals surface area (Å²) in [6.07, 6.45) is 3.17. The van der Waals surface area contributed by atoms with Gasteiger partial charge in [-0.1, -0.05) is 6.07 Å². The number of imide groups is 1. The van der Waals surface area contributed by atoms with Crippen LogP contribution in [0.2, 0.25) is 0 Å². The normalized spacial score (nSPS) is 17.5. The Morgan fingerprint density at radius 1 is 1.19 bits per heavy atom. The van der Waals surface area contributed by atoms with Crippen LogP contribution in [-0.2, 0) is 27.8 Å². The molecule has 0 aliphatic carbocycles. The molecule has 27 heavy (non-hydrogen) atoms. The van der Waals surface area contributed by atoms with Gasteiger partial charge in [0.15, 0.2) is 0 Å². The van der Waals surface area contributed by atoms with Crippen molar-refractivity contribution < 1.29 is 14.3 Å². The molecule has 2 amide bonds. The quantitative estimate of drug-likeness (QED) is 0.520. The predicted molar refractivity (Wildman–Crippen MR) is 101 cm³/mol. The van der Waals surface area contributed by atoms with Gasteiger partial charge in [-0.2, -0.15) is 0 Å². The highest BCUT2D eigenvalue weighted by atomic mass is 16.5. The van der Waals surface area contributed by atoms with Crippen molar-refractivity contribution in [3.63, 3.8) is 0 Å². The highest BCUT2D eigenvalue weighted by Crippen LogP contribution is 2.24. The number of aryl methyl sites for hydroxylation is 2. The lowest BCUT2D eigenvalue weighted by Gasteiger charge is -2.21. The Morgan fingerprint density at radius 2 is 1.96 bits per heavy atom. The highest BCUT2D eigenvalue weighted by molar-refractivity contribution is 6.00. The van der Waals surface area contributed by atoms with Crippen LogP contribution < -0.4 is 16.7 Å². The van der Waals surface area contributed by atoms with E-state index < -0.39 is 11.9 Å². The van der Waals surface area contributed by atoms with E-state index in [0.717, 1.165) is 30.3 Å². The minimum Gasteiger partial charge on any atom is -0.381 e. The Hall–Kier alpha value is -2.45. The van der Waals surface area contributed by atoms with E-state index in [0.29, 0.717) is 31.7 Å². The van der Waals surface area contributed by atoms with Gasteiger partial charge in [0.1, 0.15) is 6.04 Å². The molecule has 0 spiro atoms. The van der Waals surface area contributed by atoms with Gasteiger partial charge in [0.2, 0.25) is 11.8 Å². The Bertz CT molecular complexity index is 899. The maximum atomic E-state index is 12.7. The van der Waals surface area contributed by atoms with Crippen molar-refractivity contribution in [1.29, 1.82) is 0 Å². The summed E-state index contributed by atoms with van der Waals surface area (Å²) in [5.41, 5.74) is 7.79. The fraction of sp³-hybridized carbons (Fsp3) is 0.526. The summed E-state index contributed by atoms with van der Waals surface area (Å²) in [5.74, 6) is -0.708. The van der Waals surface area contributed by atoms with Crippen molar-refractivity contribution in [2.75, 3.05) is 19.8 Å². The number of carbonyl (C=O) groups excluding carboxylic acids is 2. The maximum absolute atomic E-state index is 12.7. The van der Waals surface area contributed by atoms with E-state index in [1.807, 2.05) is 18.2 Å². The number of hydrogen-bond donors (Lipinski definition) is 2. The van der Waals surface area contributed by atoms with Crippen molar-refractivity contribution in [2.24, 2.45) is 12.8 Å². The Kier molecular flexibility index (Phi) is 6.08. The van der Waals surface area contributed by atoms with Crippen LogP contribution in [0, 0.1) is 0 Å². The Morgan fingerprint density at radius 3 is 2.70 bits per heavy atom. The number of imidazole rings is 1. The first-order chi connectivity index (χ1) is 13.0. The molecule has 2 aromatic rings. The van der Waals surface area contributed by atoms with Gasteiger partial charge in [-0.15, -0.1) is 0 Å². The summed E-state index contributed by atoms with van der Waals surface area (Å²) in [4.78, 5) is 36.3. The van der Waals surface area contributed by atoms with Gasteiger partial charge in [-0.05, 0) is 49.9 Å². The molecule has 8 heteroatoms. The molecule has 1 aromatic carbocycles. The largest absolute Gasteiger partial charge is 0.381 e. The highest BCUT2D eigenvalue weighted by Gasteiger charge is 2.31. The molecule has 8 nitrogen and oxygen atoms in total. The molecular formula is C19H26N4O4. The fourth-order valence-corrected chi connectivity index (χ4v) is 3.46. The number of nitrogens with two attached hydrogens (primary N) is 1. The second-order valence-electron chi connectivity index (χ2n) is 6.86. The molecule has 1 atom stereocenters. The fourth-order valence-electron chi connectivity index (χ4n) is 3.46. The molecule has 1 aliphatic rings. The van der Waals surface area contributed by atoms with E-state index in [1.54, 1.807) is 11.6 Å². The molecular weight excluding hydrogens is 348 g/mol. The van der Waals surface area contributed by atoms with Gasteiger partial charge in [-0.25, -0.2) is 4.79 Å². The number of fused-ring (bicyclic) bond motifs is 1. The number of piperidine rings is 1. The second-order valence-corrected chi connectivity index (χ2v) is 6.86. The summed E-state index contributed by atoms with van der Waals surface area (Å²) in [7, 11) is 1.70. The zero-order valence-electron chi connectivity index (χ0n) is 15.6. The van der Waals surface area contributed by atoms with Gasteiger partial charge in [0, 0.05) is 26.7 Å². The topological polar surface area (TPSA) is 108 Å². The molecule has 1 saturated heterocycles. The van der Waals surface area contributed by atoms with Crippen LogP contribution in [-0.4, -0.2) is 40.7 Å². The molecule has 1 unspecified atom stereocenters. The van der Waals surface area contributed by atoms with E-state index in [9.17, 15) is 14.4 Å². The van der Waals surface area contributed by atoms with Gasteiger partial charge < -0.3 is 10.5 Å². The number of benzene rings is 1. The number of nitrogens with zero attached hydrogens (tertiary/aromatic N) is 2.